The lowest BCUT2D eigenvalue weighted by Gasteiger charge is -2.32. The highest BCUT2D eigenvalue weighted by Gasteiger charge is 2.31. The Hall–Kier alpha value is -1.61. The molecule has 1 heterocycles. The number of alkyl halides is 3. The van der Waals surface area contributed by atoms with Gasteiger partial charge in [-0.15, -0.1) is 0 Å². The summed E-state index contributed by atoms with van der Waals surface area (Å²) in [6.45, 7) is 8.03. The van der Waals surface area contributed by atoms with Gasteiger partial charge in [-0.3, -0.25) is 14.5 Å². The normalized spacial score (nSPS) is 16.5. The number of benzene rings is 1. The molecule has 1 aromatic carbocycles. The van der Waals surface area contributed by atoms with Crippen molar-refractivity contribution in [3.8, 4) is 0 Å². The molecule has 1 aliphatic heterocycles. The lowest BCUT2D eigenvalue weighted by atomic mass is 9.96. The summed E-state index contributed by atoms with van der Waals surface area (Å²) in [4.78, 5) is 26.4. The number of likely N-dealkylation sites (tertiary alicyclic amines) is 1. The number of piperidine rings is 1. The Morgan fingerprint density at radius 2 is 1.76 bits per heavy atom. The van der Waals surface area contributed by atoms with Crippen LogP contribution in [0.5, 0.6) is 0 Å². The smallest absolute Gasteiger partial charge is 0.352 e. The molecule has 2 N–H and O–H groups in total. The first-order valence-electron chi connectivity index (χ1n) is 9.53. The molecule has 0 saturated carbocycles. The summed E-state index contributed by atoms with van der Waals surface area (Å²) < 4.78 is 39.0. The Kier molecular flexibility index (Phi) is 7.73. The van der Waals surface area contributed by atoms with Crippen LogP contribution in [0.15, 0.2) is 22.7 Å². The first-order valence-corrected chi connectivity index (χ1v) is 10.3. The van der Waals surface area contributed by atoms with Crippen LogP contribution >= 0.6 is 15.9 Å². The molecule has 0 bridgehead atoms. The zero-order valence-electron chi connectivity index (χ0n) is 16.8. The van der Waals surface area contributed by atoms with Gasteiger partial charge in [-0.25, -0.2) is 0 Å². The van der Waals surface area contributed by atoms with Crippen LogP contribution in [-0.4, -0.2) is 48.4 Å². The molecular formula is C20H27BrF3N3O2. The number of carbonyl (C=O) groups excluding carboxylic acids is 2. The van der Waals surface area contributed by atoms with Gasteiger partial charge in [-0.05, 0) is 70.8 Å². The minimum Gasteiger partial charge on any atom is -0.352 e. The monoisotopic (exact) mass is 477 g/mol. The second-order valence-corrected chi connectivity index (χ2v) is 9.37. The Morgan fingerprint density at radius 3 is 2.31 bits per heavy atom. The van der Waals surface area contributed by atoms with Gasteiger partial charge in [0.1, 0.15) is 0 Å². The Labute approximate surface area is 177 Å². The van der Waals surface area contributed by atoms with E-state index in [0.717, 1.165) is 38.1 Å². The number of rotatable bonds is 5. The minimum absolute atomic E-state index is 0.0145. The number of amides is 2. The van der Waals surface area contributed by atoms with E-state index in [1.54, 1.807) is 0 Å². The van der Waals surface area contributed by atoms with Gasteiger partial charge in [0.05, 0.1) is 12.1 Å². The van der Waals surface area contributed by atoms with Crippen molar-refractivity contribution in [1.29, 1.82) is 0 Å². The van der Waals surface area contributed by atoms with Crippen molar-refractivity contribution in [1.82, 2.24) is 15.5 Å². The summed E-state index contributed by atoms with van der Waals surface area (Å²) >= 11 is 3.03. The SMILES string of the molecule is CC(C)(C)NC(=O)CN1CCC(CNC(=O)c2cc(Br)cc(C(F)(F)F)c2)CC1. The largest absolute Gasteiger partial charge is 0.416 e. The highest BCUT2D eigenvalue weighted by molar-refractivity contribution is 9.10. The van der Waals surface area contributed by atoms with E-state index in [1.165, 1.54) is 6.07 Å². The predicted octanol–water partition coefficient (Wildman–Crippen LogP) is 3.82. The van der Waals surface area contributed by atoms with Gasteiger partial charge >= 0.3 is 6.18 Å². The molecule has 2 amide bonds. The second kappa shape index (κ2) is 9.47. The molecule has 0 spiro atoms. The summed E-state index contributed by atoms with van der Waals surface area (Å²) in [5, 5.41) is 5.67. The molecule has 0 aromatic heterocycles. The second-order valence-electron chi connectivity index (χ2n) is 8.45. The molecule has 1 aliphatic rings. The van der Waals surface area contributed by atoms with Crippen LogP contribution in [0.4, 0.5) is 13.2 Å². The predicted molar refractivity (Wildman–Crippen MR) is 109 cm³/mol. The van der Waals surface area contributed by atoms with E-state index in [1.807, 2.05) is 20.8 Å². The van der Waals surface area contributed by atoms with Crippen molar-refractivity contribution in [2.75, 3.05) is 26.2 Å². The summed E-state index contributed by atoms with van der Waals surface area (Å²) in [5.41, 5.74) is -1.15. The van der Waals surface area contributed by atoms with E-state index >= 15 is 0 Å². The summed E-state index contributed by atoms with van der Waals surface area (Å²) in [5.74, 6) is -0.307. The molecule has 2 rings (SSSR count). The zero-order chi connectivity index (χ0) is 21.8. The van der Waals surface area contributed by atoms with Crippen LogP contribution in [-0.2, 0) is 11.0 Å². The quantitative estimate of drug-likeness (QED) is 0.677. The van der Waals surface area contributed by atoms with Gasteiger partial charge < -0.3 is 10.6 Å². The van der Waals surface area contributed by atoms with E-state index in [0.29, 0.717) is 13.1 Å². The van der Waals surface area contributed by atoms with Gasteiger partial charge in [0.2, 0.25) is 5.91 Å². The highest BCUT2D eigenvalue weighted by Crippen LogP contribution is 2.32. The third-order valence-electron chi connectivity index (χ3n) is 4.63. The van der Waals surface area contributed by atoms with Gasteiger partial charge in [0.15, 0.2) is 0 Å². The maximum absolute atomic E-state index is 12.9. The molecule has 0 aliphatic carbocycles. The maximum atomic E-state index is 12.9. The Morgan fingerprint density at radius 1 is 1.14 bits per heavy atom. The number of hydrogen-bond acceptors (Lipinski definition) is 3. The summed E-state index contributed by atoms with van der Waals surface area (Å²) in [6, 6.07) is 3.18. The van der Waals surface area contributed by atoms with Crippen molar-refractivity contribution in [2.24, 2.45) is 5.92 Å². The van der Waals surface area contributed by atoms with Crippen molar-refractivity contribution < 1.29 is 22.8 Å². The molecule has 0 unspecified atom stereocenters. The number of nitrogens with one attached hydrogen (secondary N) is 2. The third kappa shape index (κ3) is 7.97. The lowest BCUT2D eigenvalue weighted by Crippen LogP contribution is -2.48. The topological polar surface area (TPSA) is 61.4 Å². The highest BCUT2D eigenvalue weighted by atomic mass is 79.9. The van der Waals surface area contributed by atoms with Crippen molar-refractivity contribution >= 4 is 27.7 Å². The molecule has 1 fully saturated rings. The molecule has 5 nitrogen and oxygen atoms in total. The molecular weight excluding hydrogens is 451 g/mol. The van der Waals surface area contributed by atoms with E-state index < -0.39 is 17.6 Å². The van der Waals surface area contributed by atoms with E-state index in [4.69, 9.17) is 0 Å². The van der Waals surface area contributed by atoms with E-state index in [9.17, 15) is 22.8 Å². The molecule has 0 radical (unpaired) electrons. The zero-order valence-corrected chi connectivity index (χ0v) is 18.4. The number of nitrogens with zero attached hydrogens (tertiary/aromatic N) is 1. The van der Waals surface area contributed by atoms with Gasteiger partial charge in [0.25, 0.3) is 5.91 Å². The van der Waals surface area contributed by atoms with Gasteiger partial charge in [-0.2, -0.15) is 13.2 Å². The van der Waals surface area contributed by atoms with Crippen LogP contribution in [0.25, 0.3) is 0 Å². The van der Waals surface area contributed by atoms with Gasteiger partial charge in [-0.1, -0.05) is 15.9 Å². The molecule has 29 heavy (non-hydrogen) atoms. The average molecular weight is 478 g/mol. The van der Waals surface area contributed by atoms with Crippen molar-refractivity contribution in [3.05, 3.63) is 33.8 Å². The Balaban J connectivity index is 1.81. The molecule has 1 saturated heterocycles. The molecule has 9 heteroatoms. The van der Waals surface area contributed by atoms with Crippen molar-refractivity contribution in [3.63, 3.8) is 0 Å². The van der Waals surface area contributed by atoms with Crippen molar-refractivity contribution in [2.45, 2.75) is 45.3 Å². The third-order valence-corrected chi connectivity index (χ3v) is 5.09. The first kappa shape index (κ1) is 23.7. The van der Waals surface area contributed by atoms with E-state index in [2.05, 4.69) is 31.5 Å². The van der Waals surface area contributed by atoms with Crippen LogP contribution in [0.1, 0.15) is 49.5 Å². The van der Waals surface area contributed by atoms with Crippen LogP contribution in [0.2, 0.25) is 0 Å². The molecule has 162 valence electrons. The summed E-state index contributed by atoms with van der Waals surface area (Å²) in [6.07, 6.45) is -2.88. The summed E-state index contributed by atoms with van der Waals surface area (Å²) in [7, 11) is 0. The van der Waals surface area contributed by atoms with Crippen LogP contribution in [0, 0.1) is 5.92 Å². The molecule has 0 atom stereocenters. The average Bonchev–Trinajstić information content (AvgIpc) is 2.58. The van der Waals surface area contributed by atoms with Gasteiger partial charge in [0, 0.05) is 22.1 Å². The minimum atomic E-state index is -4.51. The number of hydrogen-bond donors (Lipinski definition) is 2. The number of carbonyl (C=O) groups is 2. The lowest BCUT2D eigenvalue weighted by molar-refractivity contribution is -0.137. The fourth-order valence-corrected chi connectivity index (χ4v) is 3.73. The van der Waals surface area contributed by atoms with E-state index in [-0.39, 0.29) is 27.4 Å². The Bertz CT molecular complexity index is 739. The number of halogens is 4. The fourth-order valence-electron chi connectivity index (χ4n) is 3.23. The fraction of sp³-hybridized carbons (Fsp3) is 0.600. The van der Waals surface area contributed by atoms with Crippen LogP contribution in [0.3, 0.4) is 0 Å². The first-order chi connectivity index (χ1) is 13.3. The maximum Gasteiger partial charge on any atom is 0.416 e. The van der Waals surface area contributed by atoms with Crippen LogP contribution < -0.4 is 10.6 Å². The standard InChI is InChI=1S/C20H27BrF3N3O2/c1-19(2,3)26-17(28)12-27-6-4-13(5-7-27)11-25-18(29)14-8-15(20(22,23)24)10-16(21)9-14/h8-10,13H,4-7,11-12H2,1-3H3,(H,25,29)(H,26,28). The molecule has 1 aromatic rings.